The lowest BCUT2D eigenvalue weighted by molar-refractivity contribution is -0.142. The number of aliphatic carboxylic acids is 1. The van der Waals surface area contributed by atoms with E-state index >= 15 is 0 Å². The zero-order valence-electron chi connectivity index (χ0n) is 20.5. The molecule has 0 aromatic carbocycles. The van der Waals surface area contributed by atoms with Gasteiger partial charge in [-0.3, -0.25) is 29.0 Å². The number of primary amides is 2. The van der Waals surface area contributed by atoms with Gasteiger partial charge >= 0.3 is 5.97 Å². The summed E-state index contributed by atoms with van der Waals surface area (Å²) in [6.07, 6.45) is 0.711. The topological polar surface area (TPSA) is 287 Å². The van der Waals surface area contributed by atoms with Crippen LogP contribution in [0.5, 0.6) is 0 Å². The van der Waals surface area contributed by atoms with Gasteiger partial charge in [0.25, 0.3) is 0 Å². The lowest BCUT2D eigenvalue weighted by atomic mass is 10.1. The van der Waals surface area contributed by atoms with Crippen molar-refractivity contribution >= 4 is 41.5 Å². The lowest BCUT2D eigenvalue weighted by Gasteiger charge is -2.25. The average Bonchev–Trinajstić information content (AvgIpc) is 3.35. The lowest BCUT2D eigenvalue weighted by Crippen LogP contribution is -2.57. The van der Waals surface area contributed by atoms with E-state index in [1.54, 1.807) is 0 Å². The molecule has 0 aliphatic carbocycles. The van der Waals surface area contributed by atoms with Crippen molar-refractivity contribution in [3.05, 3.63) is 0 Å². The Balaban J connectivity index is 2.94. The molecular formula is C21H37N9O7. The highest BCUT2D eigenvalue weighted by molar-refractivity contribution is 5.94. The van der Waals surface area contributed by atoms with E-state index in [1.165, 1.54) is 0 Å². The summed E-state index contributed by atoms with van der Waals surface area (Å²) in [5.74, 6) is -5.06. The zero-order valence-corrected chi connectivity index (χ0v) is 20.5. The summed E-state index contributed by atoms with van der Waals surface area (Å²) in [4.78, 5) is 76.4. The summed E-state index contributed by atoms with van der Waals surface area (Å²) in [6.45, 7) is 0.781. The molecule has 1 aliphatic rings. The Hall–Kier alpha value is -3.95. The van der Waals surface area contributed by atoms with Crippen LogP contribution in [0.4, 0.5) is 0 Å². The number of carbonyl (C=O) groups is 6. The number of hydrogen-bond donors (Lipinski definition) is 9. The van der Waals surface area contributed by atoms with Gasteiger partial charge in [0, 0.05) is 19.4 Å². The van der Waals surface area contributed by atoms with Crippen molar-refractivity contribution < 1.29 is 33.9 Å². The fourth-order valence-corrected chi connectivity index (χ4v) is 3.60. The van der Waals surface area contributed by atoms with E-state index in [2.05, 4.69) is 26.3 Å². The molecule has 5 amide bonds. The predicted octanol–water partition coefficient (Wildman–Crippen LogP) is -4.14. The minimum atomic E-state index is -1.35. The van der Waals surface area contributed by atoms with Crippen LogP contribution in [-0.2, 0) is 28.8 Å². The predicted molar refractivity (Wildman–Crippen MR) is 131 cm³/mol. The van der Waals surface area contributed by atoms with Gasteiger partial charge < -0.3 is 49.3 Å². The van der Waals surface area contributed by atoms with Crippen molar-refractivity contribution in [1.29, 1.82) is 0 Å². The summed E-state index contributed by atoms with van der Waals surface area (Å²) in [5, 5.41) is 19.8. The number of nitrogens with one attached hydrogen (secondary N) is 4. The molecule has 16 heteroatoms. The smallest absolute Gasteiger partial charge is 0.326 e. The fourth-order valence-electron chi connectivity index (χ4n) is 3.60. The van der Waals surface area contributed by atoms with Crippen LogP contribution in [0.2, 0.25) is 0 Å². The van der Waals surface area contributed by atoms with Gasteiger partial charge in [-0.15, -0.1) is 0 Å². The molecule has 0 spiro atoms. The minimum Gasteiger partial charge on any atom is -0.480 e. The maximum absolute atomic E-state index is 13.0. The SMILES string of the molecule is NC(=O)CCC(NC(=O)C(CCC(N)=O)NC(=O)C1CCCN1)C(=O)NC(CCCN=C(N)N)C(=O)O. The minimum absolute atomic E-state index is 0.0139. The van der Waals surface area contributed by atoms with Crippen LogP contribution < -0.4 is 44.2 Å². The summed E-state index contributed by atoms with van der Waals surface area (Å²) >= 11 is 0. The number of nitrogens with two attached hydrogens (primary N) is 4. The van der Waals surface area contributed by atoms with Crippen LogP contribution in [0, 0.1) is 0 Å². The molecule has 0 aromatic heterocycles. The number of amides is 5. The summed E-state index contributed by atoms with van der Waals surface area (Å²) in [7, 11) is 0. The van der Waals surface area contributed by atoms with Gasteiger partial charge in [0.05, 0.1) is 6.04 Å². The summed E-state index contributed by atoms with van der Waals surface area (Å²) < 4.78 is 0. The second-order valence-electron chi connectivity index (χ2n) is 8.63. The van der Waals surface area contributed by atoms with Gasteiger partial charge in [-0.25, -0.2) is 4.79 Å². The second kappa shape index (κ2) is 15.9. The van der Waals surface area contributed by atoms with Gasteiger partial charge in [0.2, 0.25) is 29.5 Å². The van der Waals surface area contributed by atoms with Gasteiger partial charge in [-0.1, -0.05) is 0 Å². The molecule has 13 N–H and O–H groups in total. The first-order valence-corrected chi connectivity index (χ1v) is 11.9. The molecule has 37 heavy (non-hydrogen) atoms. The molecule has 208 valence electrons. The molecule has 1 heterocycles. The van der Waals surface area contributed by atoms with Crippen molar-refractivity contribution in [2.75, 3.05) is 13.1 Å². The Bertz CT molecular complexity index is 870. The fraction of sp³-hybridized carbons (Fsp3) is 0.667. The number of carboxylic acid groups (broad SMARTS) is 1. The normalized spacial score (nSPS) is 17.0. The molecule has 0 aromatic rings. The van der Waals surface area contributed by atoms with E-state index in [-0.39, 0.29) is 51.0 Å². The summed E-state index contributed by atoms with van der Waals surface area (Å²) in [6, 6.07) is -4.39. The number of nitrogens with zero attached hydrogens (tertiary/aromatic N) is 1. The van der Waals surface area contributed by atoms with Crippen molar-refractivity contribution in [3.8, 4) is 0 Å². The maximum atomic E-state index is 13.0. The van der Waals surface area contributed by atoms with E-state index in [0.717, 1.165) is 6.42 Å². The maximum Gasteiger partial charge on any atom is 0.326 e. The van der Waals surface area contributed by atoms with Crippen LogP contribution in [0.25, 0.3) is 0 Å². The highest BCUT2D eigenvalue weighted by Gasteiger charge is 2.31. The quantitative estimate of drug-likeness (QED) is 0.0500. The third-order valence-electron chi connectivity index (χ3n) is 5.56. The van der Waals surface area contributed by atoms with Gasteiger partial charge in [-0.2, -0.15) is 0 Å². The van der Waals surface area contributed by atoms with Crippen molar-refractivity contribution in [1.82, 2.24) is 21.3 Å². The molecule has 1 aliphatic heterocycles. The van der Waals surface area contributed by atoms with E-state index in [0.29, 0.717) is 13.0 Å². The van der Waals surface area contributed by atoms with Gasteiger partial charge in [0.15, 0.2) is 5.96 Å². The molecule has 1 fully saturated rings. The number of hydrogen-bond acceptors (Lipinski definition) is 8. The van der Waals surface area contributed by atoms with Gasteiger partial charge in [0.1, 0.15) is 18.1 Å². The highest BCUT2D eigenvalue weighted by atomic mass is 16.4. The number of carbonyl (C=O) groups excluding carboxylic acids is 5. The first kappa shape index (κ1) is 31.1. The van der Waals surface area contributed by atoms with E-state index < -0.39 is 59.7 Å². The van der Waals surface area contributed by atoms with Gasteiger partial charge in [-0.05, 0) is 45.1 Å². The van der Waals surface area contributed by atoms with Crippen LogP contribution in [0.1, 0.15) is 51.4 Å². The van der Waals surface area contributed by atoms with E-state index in [9.17, 15) is 33.9 Å². The Kier molecular flexibility index (Phi) is 13.4. The molecule has 1 rings (SSSR count). The van der Waals surface area contributed by atoms with Crippen LogP contribution in [-0.4, -0.2) is 83.8 Å². The third-order valence-corrected chi connectivity index (χ3v) is 5.56. The Morgan fingerprint density at radius 2 is 1.38 bits per heavy atom. The number of aliphatic imine (C=N–C) groups is 1. The molecular weight excluding hydrogens is 490 g/mol. The molecule has 0 bridgehead atoms. The Morgan fingerprint density at radius 3 is 1.84 bits per heavy atom. The summed E-state index contributed by atoms with van der Waals surface area (Å²) in [5.41, 5.74) is 20.8. The number of guanidine groups is 1. The van der Waals surface area contributed by atoms with Crippen LogP contribution >= 0.6 is 0 Å². The van der Waals surface area contributed by atoms with E-state index in [1.807, 2.05) is 0 Å². The molecule has 4 atom stereocenters. The molecule has 0 saturated carbocycles. The first-order valence-electron chi connectivity index (χ1n) is 11.9. The number of rotatable bonds is 17. The third kappa shape index (κ3) is 12.5. The van der Waals surface area contributed by atoms with Crippen LogP contribution in [0.3, 0.4) is 0 Å². The van der Waals surface area contributed by atoms with Crippen molar-refractivity contribution in [3.63, 3.8) is 0 Å². The number of carboxylic acids is 1. The van der Waals surface area contributed by atoms with Crippen molar-refractivity contribution in [2.24, 2.45) is 27.9 Å². The van der Waals surface area contributed by atoms with Crippen molar-refractivity contribution in [2.45, 2.75) is 75.5 Å². The molecule has 1 saturated heterocycles. The first-order chi connectivity index (χ1) is 17.4. The second-order valence-corrected chi connectivity index (χ2v) is 8.63. The molecule has 4 unspecified atom stereocenters. The monoisotopic (exact) mass is 527 g/mol. The Morgan fingerprint density at radius 1 is 0.838 bits per heavy atom. The standard InChI is InChI=1S/C21H37N9O7/c22-15(31)7-5-12(28-17(33)11-3-1-9-26-11)18(34)29-13(6-8-16(23)32)19(35)30-14(20(36)37)4-2-10-27-21(24)25/h11-14,26H,1-10H2,(H2,22,31)(H2,23,32)(H,28,33)(H,29,34)(H,30,35)(H,36,37)(H4,24,25,27). The zero-order chi connectivity index (χ0) is 28.0. The highest BCUT2D eigenvalue weighted by Crippen LogP contribution is 2.08. The Labute approximate surface area is 213 Å². The van der Waals surface area contributed by atoms with Crippen LogP contribution in [0.15, 0.2) is 4.99 Å². The molecule has 16 nitrogen and oxygen atoms in total. The molecule has 0 radical (unpaired) electrons. The largest absolute Gasteiger partial charge is 0.480 e. The van der Waals surface area contributed by atoms with E-state index in [4.69, 9.17) is 22.9 Å². The average molecular weight is 528 g/mol.